The van der Waals surface area contributed by atoms with E-state index in [9.17, 15) is 4.79 Å². The van der Waals surface area contributed by atoms with Crippen molar-refractivity contribution in [1.29, 1.82) is 0 Å². The number of carbonyl (C=O) groups is 1. The van der Waals surface area contributed by atoms with Crippen molar-refractivity contribution < 1.29 is 4.79 Å². The summed E-state index contributed by atoms with van der Waals surface area (Å²) < 4.78 is 0. The van der Waals surface area contributed by atoms with Gasteiger partial charge < -0.3 is 10.2 Å². The van der Waals surface area contributed by atoms with Crippen molar-refractivity contribution in [3.05, 3.63) is 48.0 Å². The molecule has 0 heterocycles. The molecular weight excluding hydrogens is 248 g/mol. The molecule has 1 aliphatic carbocycles. The van der Waals surface area contributed by atoms with E-state index in [4.69, 9.17) is 0 Å². The summed E-state index contributed by atoms with van der Waals surface area (Å²) in [7, 11) is 1.86. The average Bonchev–Trinajstić information content (AvgIpc) is 3.28. The summed E-state index contributed by atoms with van der Waals surface area (Å²) in [4.78, 5) is 13.7. The average molecular weight is 268 g/mol. The number of nitrogens with one attached hydrogen (secondary N) is 1. The Hall–Kier alpha value is -2.03. The molecular formula is C17H20N2O. The zero-order valence-electron chi connectivity index (χ0n) is 11.8. The van der Waals surface area contributed by atoms with E-state index >= 15 is 0 Å². The zero-order chi connectivity index (χ0) is 13.9. The highest BCUT2D eigenvalue weighted by molar-refractivity contribution is 5.85. The number of hydrogen-bond acceptors (Lipinski definition) is 1. The Labute approximate surface area is 119 Å². The molecule has 0 radical (unpaired) electrons. The molecule has 104 valence electrons. The number of likely N-dealkylation sites (N-methyl/N-ethyl adjacent to an activating group) is 1. The van der Waals surface area contributed by atoms with Crippen LogP contribution in [0.4, 0.5) is 4.79 Å². The molecule has 2 amide bonds. The van der Waals surface area contributed by atoms with E-state index in [0.29, 0.717) is 6.04 Å². The summed E-state index contributed by atoms with van der Waals surface area (Å²) >= 11 is 0. The molecule has 0 unspecified atom stereocenters. The number of hydrogen-bond donors (Lipinski definition) is 1. The topological polar surface area (TPSA) is 32.3 Å². The molecule has 0 saturated heterocycles. The van der Waals surface area contributed by atoms with Crippen molar-refractivity contribution in [2.24, 2.45) is 0 Å². The van der Waals surface area contributed by atoms with E-state index in [1.54, 1.807) is 4.90 Å². The molecule has 0 aromatic heterocycles. The molecule has 1 fully saturated rings. The molecule has 3 heteroatoms. The van der Waals surface area contributed by atoms with E-state index in [1.807, 2.05) is 7.05 Å². The van der Waals surface area contributed by atoms with Gasteiger partial charge in [-0.1, -0.05) is 42.5 Å². The highest BCUT2D eigenvalue weighted by Gasteiger charge is 2.24. The number of rotatable bonds is 4. The second kappa shape index (κ2) is 5.53. The monoisotopic (exact) mass is 268 g/mol. The second-order valence-electron chi connectivity index (χ2n) is 5.53. The van der Waals surface area contributed by atoms with Gasteiger partial charge in [0.25, 0.3) is 0 Å². The molecule has 0 bridgehead atoms. The molecule has 2 aromatic carbocycles. The first-order valence-electron chi connectivity index (χ1n) is 7.22. The summed E-state index contributed by atoms with van der Waals surface area (Å²) in [5.74, 6) is 0. The fourth-order valence-corrected chi connectivity index (χ4v) is 2.41. The van der Waals surface area contributed by atoms with E-state index < -0.39 is 0 Å². The maximum absolute atomic E-state index is 11.9. The van der Waals surface area contributed by atoms with Gasteiger partial charge in [0.1, 0.15) is 0 Å². The van der Waals surface area contributed by atoms with Crippen LogP contribution in [0, 0.1) is 0 Å². The summed E-state index contributed by atoms with van der Waals surface area (Å²) in [5.41, 5.74) is 1.30. The van der Waals surface area contributed by atoms with Crippen LogP contribution in [0.2, 0.25) is 0 Å². The maximum atomic E-state index is 11.9. The van der Waals surface area contributed by atoms with Crippen molar-refractivity contribution in [1.82, 2.24) is 10.2 Å². The molecule has 20 heavy (non-hydrogen) atoms. The lowest BCUT2D eigenvalue weighted by Gasteiger charge is -2.18. The van der Waals surface area contributed by atoms with Crippen molar-refractivity contribution >= 4 is 16.8 Å². The molecule has 0 aliphatic heterocycles. The first-order valence-corrected chi connectivity index (χ1v) is 7.22. The number of nitrogens with zero attached hydrogens (tertiary/aromatic N) is 1. The Morgan fingerprint density at radius 3 is 2.75 bits per heavy atom. The first kappa shape index (κ1) is 13.0. The number of amides is 2. The van der Waals surface area contributed by atoms with E-state index in [2.05, 4.69) is 47.8 Å². The van der Waals surface area contributed by atoms with Crippen LogP contribution < -0.4 is 5.32 Å². The normalized spacial score (nSPS) is 14.2. The molecule has 2 aromatic rings. The first-order chi connectivity index (χ1) is 9.74. The Morgan fingerprint density at radius 2 is 1.95 bits per heavy atom. The third-order valence-electron chi connectivity index (χ3n) is 3.85. The highest BCUT2D eigenvalue weighted by Crippen LogP contribution is 2.20. The van der Waals surface area contributed by atoms with Gasteiger partial charge in [-0.05, 0) is 35.6 Å². The Balaban J connectivity index is 1.65. The molecule has 0 spiro atoms. The van der Waals surface area contributed by atoms with Crippen molar-refractivity contribution in [2.75, 3.05) is 13.6 Å². The van der Waals surface area contributed by atoms with Crippen LogP contribution in [0.3, 0.4) is 0 Å². The van der Waals surface area contributed by atoms with Crippen LogP contribution in [0.25, 0.3) is 10.8 Å². The quantitative estimate of drug-likeness (QED) is 0.907. The Morgan fingerprint density at radius 1 is 1.20 bits per heavy atom. The van der Waals surface area contributed by atoms with Gasteiger partial charge in [0.2, 0.25) is 0 Å². The van der Waals surface area contributed by atoms with Crippen LogP contribution >= 0.6 is 0 Å². The minimum absolute atomic E-state index is 0.0488. The minimum atomic E-state index is 0.0488. The predicted octanol–water partition coefficient (Wildman–Crippen LogP) is 3.19. The van der Waals surface area contributed by atoms with Crippen molar-refractivity contribution in [3.63, 3.8) is 0 Å². The number of urea groups is 1. The minimum Gasteiger partial charge on any atom is -0.335 e. The van der Waals surface area contributed by atoms with E-state index in [1.165, 1.54) is 16.3 Å². The molecule has 1 saturated carbocycles. The third-order valence-corrected chi connectivity index (χ3v) is 3.85. The van der Waals surface area contributed by atoms with Gasteiger partial charge >= 0.3 is 6.03 Å². The summed E-state index contributed by atoms with van der Waals surface area (Å²) in [6.07, 6.45) is 3.14. The van der Waals surface area contributed by atoms with E-state index in [-0.39, 0.29) is 6.03 Å². The highest BCUT2D eigenvalue weighted by atomic mass is 16.2. The molecule has 1 N–H and O–H groups in total. The summed E-state index contributed by atoms with van der Waals surface area (Å²) in [6.45, 7) is 0.743. The van der Waals surface area contributed by atoms with Gasteiger partial charge in [0.05, 0.1) is 0 Å². The van der Waals surface area contributed by atoms with E-state index in [0.717, 1.165) is 25.8 Å². The SMILES string of the molecule is CN(CCc1cccc2ccccc12)C(=O)NC1CC1. The van der Waals surface area contributed by atoms with Crippen molar-refractivity contribution in [3.8, 4) is 0 Å². The van der Waals surface area contributed by atoms with Gasteiger partial charge in [0.15, 0.2) is 0 Å². The Bertz CT molecular complexity index is 614. The van der Waals surface area contributed by atoms with Crippen LogP contribution in [0.15, 0.2) is 42.5 Å². The van der Waals surface area contributed by atoms with Gasteiger partial charge in [-0.25, -0.2) is 4.79 Å². The van der Waals surface area contributed by atoms with Crippen LogP contribution in [0.5, 0.6) is 0 Å². The standard InChI is InChI=1S/C17H20N2O/c1-19(17(20)18-15-9-10-15)12-11-14-7-4-6-13-5-2-3-8-16(13)14/h2-8,15H,9-12H2,1H3,(H,18,20). The lowest BCUT2D eigenvalue weighted by atomic mass is 10.0. The number of fused-ring (bicyclic) bond motifs is 1. The molecule has 0 atom stereocenters. The lowest BCUT2D eigenvalue weighted by molar-refractivity contribution is 0.209. The zero-order valence-corrected chi connectivity index (χ0v) is 11.8. The summed E-state index contributed by atoms with van der Waals surface area (Å²) in [6, 6.07) is 15.2. The second-order valence-corrected chi connectivity index (χ2v) is 5.53. The Kier molecular flexibility index (Phi) is 3.59. The van der Waals surface area contributed by atoms with Gasteiger partial charge in [0, 0.05) is 19.6 Å². The smallest absolute Gasteiger partial charge is 0.317 e. The fourth-order valence-electron chi connectivity index (χ4n) is 2.41. The molecule has 3 rings (SSSR count). The van der Waals surface area contributed by atoms with Crippen LogP contribution in [-0.2, 0) is 6.42 Å². The summed E-state index contributed by atoms with van der Waals surface area (Å²) in [5, 5.41) is 5.56. The largest absolute Gasteiger partial charge is 0.335 e. The molecule has 1 aliphatic rings. The molecule has 3 nitrogen and oxygen atoms in total. The van der Waals surface area contributed by atoms with Crippen molar-refractivity contribution in [2.45, 2.75) is 25.3 Å². The fraction of sp³-hybridized carbons (Fsp3) is 0.353. The van der Waals surface area contributed by atoms with Crippen LogP contribution in [-0.4, -0.2) is 30.6 Å². The third kappa shape index (κ3) is 2.93. The number of benzene rings is 2. The van der Waals surface area contributed by atoms with Crippen LogP contribution in [0.1, 0.15) is 18.4 Å². The number of carbonyl (C=O) groups excluding carboxylic acids is 1. The van der Waals surface area contributed by atoms with Gasteiger partial charge in [-0.15, -0.1) is 0 Å². The lowest BCUT2D eigenvalue weighted by Crippen LogP contribution is -2.39. The maximum Gasteiger partial charge on any atom is 0.317 e. The predicted molar refractivity (Wildman–Crippen MR) is 81.8 cm³/mol. The van der Waals surface area contributed by atoms with Gasteiger partial charge in [-0.2, -0.15) is 0 Å². The van der Waals surface area contributed by atoms with Gasteiger partial charge in [-0.3, -0.25) is 0 Å².